The minimum Gasteiger partial charge on any atom is -0.489 e. The van der Waals surface area contributed by atoms with Crippen LogP contribution in [-0.4, -0.2) is 31.2 Å². The van der Waals surface area contributed by atoms with Crippen LogP contribution in [0.5, 0.6) is 5.75 Å². The highest BCUT2D eigenvalue weighted by molar-refractivity contribution is 6.06. The van der Waals surface area contributed by atoms with Gasteiger partial charge in [0, 0.05) is 24.3 Å². The summed E-state index contributed by atoms with van der Waals surface area (Å²) in [6.45, 7) is 1.63. The van der Waals surface area contributed by atoms with Crippen molar-refractivity contribution in [2.24, 2.45) is 0 Å². The van der Waals surface area contributed by atoms with Crippen molar-refractivity contribution in [2.45, 2.75) is 13.1 Å². The van der Waals surface area contributed by atoms with Crippen molar-refractivity contribution >= 4 is 17.3 Å². The van der Waals surface area contributed by atoms with Crippen LogP contribution < -0.4 is 10.1 Å². The Morgan fingerprint density at radius 3 is 2.54 bits per heavy atom. The Balaban J connectivity index is 2.38. The highest BCUT2D eigenvalue weighted by Gasteiger charge is 2.31. The van der Waals surface area contributed by atoms with Crippen molar-refractivity contribution in [2.75, 3.05) is 25.6 Å². The molecule has 0 saturated carbocycles. The van der Waals surface area contributed by atoms with Gasteiger partial charge in [0.25, 0.3) is 11.6 Å². The highest BCUT2D eigenvalue weighted by atomic mass is 19.4. The van der Waals surface area contributed by atoms with E-state index in [-0.39, 0.29) is 41.5 Å². The number of amides is 1. The molecule has 2 aromatic carbocycles. The molecule has 0 heterocycles. The van der Waals surface area contributed by atoms with Gasteiger partial charge in [-0.15, -0.1) is 0 Å². The first-order valence-electron chi connectivity index (χ1n) is 8.03. The fourth-order valence-electron chi connectivity index (χ4n) is 2.42. The highest BCUT2D eigenvalue weighted by Crippen LogP contribution is 2.35. The molecule has 10 heteroatoms. The summed E-state index contributed by atoms with van der Waals surface area (Å²) in [4.78, 5) is 22.9. The maximum atomic E-state index is 13.0. The molecular weight excluding hydrogens is 381 g/mol. The summed E-state index contributed by atoms with van der Waals surface area (Å²) in [6.07, 6.45) is -4.62. The number of nitro benzene ring substituents is 1. The average molecular weight is 398 g/mol. The van der Waals surface area contributed by atoms with E-state index in [1.807, 2.05) is 0 Å². The molecule has 7 nitrogen and oxygen atoms in total. The molecular formula is C18H17F3N2O5. The second-order valence-electron chi connectivity index (χ2n) is 5.71. The standard InChI is InChI=1S/C18H17F3N2O5/c1-11-13(4-3-5-15(11)23(25)26)17(24)22-14-10-12(18(19,20)21)6-7-16(14)28-9-8-27-2/h3-7,10H,8-9H2,1-2H3,(H,22,24). The number of nitro groups is 1. The van der Waals surface area contributed by atoms with E-state index in [9.17, 15) is 28.1 Å². The Morgan fingerprint density at radius 1 is 1.21 bits per heavy atom. The molecule has 2 aromatic rings. The topological polar surface area (TPSA) is 90.7 Å². The zero-order chi connectivity index (χ0) is 20.9. The van der Waals surface area contributed by atoms with Gasteiger partial charge in [-0.2, -0.15) is 13.2 Å². The van der Waals surface area contributed by atoms with Gasteiger partial charge in [0.05, 0.1) is 22.8 Å². The lowest BCUT2D eigenvalue weighted by atomic mass is 10.1. The van der Waals surface area contributed by atoms with Crippen molar-refractivity contribution in [3.8, 4) is 5.75 Å². The van der Waals surface area contributed by atoms with E-state index in [1.54, 1.807) is 0 Å². The van der Waals surface area contributed by atoms with Crippen LogP contribution in [0.3, 0.4) is 0 Å². The predicted octanol–water partition coefficient (Wildman–Crippen LogP) is 4.20. The fraction of sp³-hybridized carbons (Fsp3) is 0.278. The Kier molecular flexibility index (Phi) is 6.57. The average Bonchev–Trinajstić information content (AvgIpc) is 2.62. The zero-order valence-corrected chi connectivity index (χ0v) is 15.0. The number of alkyl halides is 3. The minimum atomic E-state index is -4.62. The van der Waals surface area contributed by atoms with Gasteiger partial charge in [-0.3, -0.25) is 14.9 Å². The molecule has 0 spiro atoms. The van der Waals surface area contributed by atoms with Crippen molar-refractivity contribution in [1.82, 2.24) is 0 Å². The number of benzene rings is 2. The van der Waals surface area contributed by atoms with Gasteiger partial charge in [0.1, 0.15) is 12.4 Å². The van der Waals surface area contributed by atoms with Crippen molar-refractivity contribution in [1.29, 1.82) is 0 Å². The molecule has 1 N–H and O–H groups in total. The summed E-state index contributed by atoms with van der Waals surface area (Å²) >= 11 is 0. The van der Waals surface area contributed by atoms with E-state index in [0.29, 0.717) is 0 Å². The Morgan fingerprint density at radius 2 is 1.93 bits per heavy atom. The van der Waals surface area contributed by atoms with Gasteiger partial charge < -0.3 is 14.8 Å². The number of rotatable bonds is 7. The Labute approximate surface area is 158 Å². The van der Waals surface area contributed by atoms with Crippen LogP contribution in [0.15, 0.2) is 36.4 Å². The van der Waals surface area contributed by atoms with Crippen LogP contribution >= 0.6 is 0 Å². The molecule has 2 rings (SSSR count). The van der Waals surface area contributed by atoms with Gasteiger partial charge >= 0.3 is 6.18 Å². The van der Waals surface area contributed by atoms with Crippen LogP contribution in [0, 0.1) is 17.0 Å². The first-order chi connectivity index (χ1) is 13.1. The molecule has 0 aliphatic carbocycles. The summed E-state index contributed by atoms with van der Waals surface area (Å²) in [7, 11) is 1.43. The second-order valence-corrected chi connectivity index (χ2v) is 5.71. The molecule has 0 bridgehead atoms. The van der Waals surface area contributed by atoms with Crippen LogP contribution in [0.4, 0.5) is 24.5 Å². The third-order valence-corrected chi connectivity index (χ3v) is 3.85. The molecule has 1 amide bonds. The van der Waals surface area contributed by atoms with Gasteiger partial charge in [-0.1, -0.05) is 6.07 Å². The summed E-state index contributed by atoms with van der Waals surface area (Å²) in [5.74, 6) is -0.779. The molecule has 0 aromatic heterocycles. The van der Waals surface area contributed by atoms with E-state index < -0.39 is 22.6 Å². The first-order valence-corrected chi connectivity index (χ1v) is 8.03. The van der Waals surface area contributed by atoms with E-state index >= 15 is 0 Å². The van der Waals surface area contributed by atoms with Gasteiger partial charge in [0.15, 0.2) is 0 Å². The van der Waals surface area contributed by atoms with Crippen LogP contribution in [0.25, 0.3) is 0 Å². The monoisotopic (exact) mass is 398 g/mol. The maximum Gasteiger partial charge on any atom is 0.416 e. The second kappa shape index (κ2) is 8.70. The summed E-state index contributed by atoms with van der Waals surface area (Å²) in [5.41, 5.74) is -1.39. The number of carbonyl (C=O) groups is 1. The maximum absolute atomic E-state index is 13.0. The lowest BCUT2D eigenvalue weighted by molar-refractivity contribution is -0.385. The lowest BCUT2D eigenvalue weighted by Crippen LogP contribution is -2.16. The van der Waals surface area contributed by atoms with Gasteiger partial charge in [-0.25, -0.2) is 0 Å². The number of anilines is 1. The number of hydrogen-bond acceptors (Lipinski definition) is 5. The van der Waals surface area contributed by atoms with Gasteiger partial charge in [0.2, 0.25) is 0 Å². The lowest BCUT2D eigenvalue weighted by Gasteiger charge is -2.16. The first kappa shape index (κ1) is 21.2. The fourth-order valence-corrected chi connectivity index (χ4v) is 2.42. The van der Waals surface area contributed by atoms with Crippen LogP contribution in [0.2, 0.25) is 0 Å². The normalized spacial score (nSPS) is 11.2. The van der Waals surface area contributed by atoms with Crippen molar-refractivity contribution < 1.29 is 32.4 Å². The molecule has 28 heavy (non-hydrogen) atoms. The van der Waals surface area contributed by atoms with E-state index in [2.05, 4.69) is 5.32 Å². The molecule has 0 radical (unpaired) electrons. The SMILES string of the molecule is COCCOc1ccc(C(F)(F)F)cc1NC(=O)c1cccc([N+](=O)[O-])c1C. The molecule has 0 atom stereocenters. The third kappa shape index (κ3) is 4.97. The zero-order valence-electron chi connectivity index (χ0n) is 15.0. The van der Waals surface area contributed by atoms with Crippen LogP contribution in [0.1, 0.15) is 21.5 Å². The molecule has 150 valence electrons. The smallest absolute Gasteiger partial charge is 0.416 e. The summed E-state index contributed by atoms with van der Waals surface area (Å²) in [5, 5.41) is 13.4. The molecule has 0 unspecified atom stereocenters. The Bertz CT molecular complexity index is 884. The number of hydrogen-bond donors (Lipinski definition) is 1. The largest absolute Gasteiger partial charge is 0.489 e. The number of carbonyl (C=O) groups excluding carboxylic acids is 1. The van der Waals surface area contributed by atoms with Crippen LogP contribution in [-0.2, 0) is 10.9 Å². The van der Waals surface area contributed by atoms with E-state index in [1.165, 1.54) is 32.2 Å². The molecule has 0 fully saturated rings. The Hall–Kier alpha value is -3.14. The number of ether oxygens (including phenoxy) is 2. The number of halogens is 3. The third-order valence-electron chi connectivity index (χ3n) is 3.85. The van der Waals surface area contributed by atoms with Crippen molar-refractivity contribution in [3.63, 3.8) is 0 Å². The minimum absolute atomic E-state index is 0.0153. The molecule has 0 saturated heterocycles. The number of methoxy groups -OCH3 is 1. The predicted molar refractivity (Wildman–Crippen MR) is 94.6 cm³/mol. The summed E-state index contributed by atoms with van der Waals surface area (Å²) in [6, 6.07) is 6.56. The van der Waals surface area contributed by atoms with Crippen molar-refractivity contribution in [3.05, 3.63) is 63.2 Å². The van der Waals surface area contributed by atoms with E-state index in [4.69, 9.17) is 9.47 Å². The molecule has 0 aliphatic rings. The number of nitrogens with zero attached hydrogens (tertiary/aromatic N) is 1. The number of nitrogens with one attached hydrogen (secondary N) is 1. The molecule has 0 aliphatic heterocycles. The van der Waals surface area contributed by atoms with Gasteiger partial charge in [-0.05, 0) is 31.2 Å². The summed E-state index contributed by atoms with van der Waals surface area (Å²) < 4.78 is 49.3. The quantitative estimate of drug-likeness (QED) is 0.429. The van der Waals surface area contributed by atoms with E-state index in [0.717, 1.165) is 18.2 Å².